The van der Waals surface area contributed by atoms with Crippen LogP contribution >= 0.6 is 15.9 Å². The Balaban J connectivity index is 2.38. The van der Waals surface area contributed by atoms with Crippen LogP contribution in [0.4, 0.5) is 15.8 Å². The van der Waals surface area contributed by atoms with Crippen molar-refractivity contribution >= 4 is 33.2 Å². The molecule has 0 aliphatic rings. The van der Waals surface area contributed by atoms with Crippen LogP contribution in [0.2, 0.25) is 0 Å². The van der Waals surface area contributed by atoms with Crippen LogP contribution in [0.5, 0.6) is 0 Å². The predicted molar refractivity (Wildman–Crippen MR) is 79.1 cm³/mol. The summed E-state index contributed by atoms with van der Waals surface area (Å²) in [4.78, 5) is 12.3. The fourth-order valence-electron chi connectivity index (χ4n) is 1.85. The van der Waals surface area contributed by atoms with Crippen LogP contribution in [-0.2, 0) is 6.54 Å². The van der Waals surface area contributed by atoms with Gasteiger partial charge in [-0.2, -0.15) is 5.10 Å². The van der Waals surface area contributed by atoms with Gasteiger partial charge in [-0.3, -0.25) is 9.48 Å². The van der Waals surface area contributed by atoms with E-state index in [4.69, 9.17) is 5.73 Å². The summed E-state index contributed by atoms with van der Waals surface area (Å²) in [5.74, 6) is -1.01. The highest BCUT2D eigenvalue weighted by atomic mass is 79.9. The zero-order chi connectivity index (χ0) is 14.9. The van der Waals surface area contributed by atoms with E-state index >= 15 is 0 Å². The molecule has 7 heteroatoms. The monoisotopic (exact) mass is 340 g/mol. The molecule has 0 spiro atoms. The molecule has 20 heavy (non-hydrogen) atoms. The second-order valence-electron chi connectivity index (χ2n) is 4.21. The minimum atomic E-state index is -0.523. The zero-order valence-corrected chi connectivity index (χ0v) is 12.7. The Morgan fingerprint density at radius 2 is 2.25 bits per heavy atom. The maximum atomic E-state index is 13.7. The Kier molecular flexibility index (Phi) is 4.08. The Hall–Kier alpha value is -1.89. The number of benzene rings is 1. The number of para-hydroxylation sites is 1. The van der Waals surface area contributed by atoms with E-state index in [1.807, 2.05) is 6.92 Å². The van der Waals surface area contributed by atoms with Gasteiger partial charge in [0.15, 0.2) is 0 Å². The van der Waals surface area contributed by atoms with Gasteiger partial charge in [-0.25, -0.2) is 4.39 Å². The number of aromatic nitrogens is 2. The molecule has 0 aliphatic carbocycles. The minimum absolute atomic E-state index is 0.0819. The van der Waals surface area contributed by atoms with Crippen LogP contribution < -0.4 is 11.1 Å². The molecule has 1 heterocycles. The molecule has 1 aromatic heterocycles. The first-order valence-corrected chi connectivity index (χ1v) is 6.83. The van der Waals surface area contributed by atoms with Crippen LogP contribution in [0.1, 0.15) is 23.1 Å². The highest BCUT2D eigenvalue weighted by Gasteiger charge is 2.20. The van der Waals surface area contributed by atoms with Crippen molar-refractivity contribution in [1.82, 2.24) is 9.78 Å². The van der Waals surface area contributed by atoms with Crippen LogP contribution in [0, 0.1) is 12.7 Å². The van der Waals surface area contributed by atoms with Crippen LogP contribution in [0.25, 0.3) is 0 Å². The SMILES string of the molecule is CCn1nc(C)c(N)c1C(=O)Nc1c(F)cccc1Br. The van der Waals surface area contributed by atoms with Crippen LogP contribution in [0.15, 0.2) is 22.7 Å². The number of hydrogen-bond acceptors (Lipinski definition) is 3. The molecule has 0 radical (unpaired) electrons. The highest BCUT2D eigenvalue weighted by Crippen LogP contribution is 2.26. The summed E-state index contributed by atoms with van der Waals surface area (Å²) >= 11 is 3.20. The van der Waals surface area contributed by atoms with E-state index in [9.17, 15) is 9.18 Å². The van der Waals surface area contributed by atoms with Crippen molar-refractivity contribution in [3.63, 3.8) is 0 Å². The van der Waals surface area contributed by atoms with Crippen molar-refractivity contribution in [2.75, 3.05) is 11.1 Å². The molecule has 2 rings (SSSR count). The first-order chi connectivity index (χ1) is 9.45. The second kappa shape index (κ2) is 5.62. The van der Waals surface area contributed by atoms with Gasteiger partial charge in [0.2, 0.25) is 0 Å². The largest absolute Gasteiger partial charge is 0.395 e. The van der Waals surface area contributed by atoms with Crippen molar-refractivity contribution in [1.29, 1.82) is 0 Å². The summed E-state index contributed by atoms with van der Waals surface area (Å²) < 4.78 is 15.7. The summed E-state index contributed by atoms with van der Waals surface area (Å²) in [7, 11) is 0. The van der Waals surface area contributed by atoms with Gasteiger partial charge in [0.25, 0.3) is 5.91 Å². The summed E-state index contributed by atoms with van der Waals surface area (Å²) in [5.41, 5.74) is 7.05. The fourth-order valence-corrected chi connectivity index (χ4v) is 2.29. The average Bonchev–Trinajstić information content (AvgIpc) is 2.69. The third-order valence-electron chi connectivity index (χ3n) is 2.89. The van der Waals surface area contributed by atoms with Crippen molar-refractivity contribution in [3.8, 4) is 0 Å². The lowest BCUT2D eigenvalue weighted by atomic mass is 10.2. The first kappa shape index (κ1) is 14.5. The molecular weight excluding hydrogens is 327 g/mol. The molecule has 0 fully saturated rings. The van der Waals surface area contributed by atoms with E-state index in [-0.39, 0.29) is 11.4 Å². The number of amides is 1. The van der Waals surface area contributed by atoms with Gasteiger partial charge in [0.05, 0.1) is 17.1 Å². The van der Waals surface area contributed by atoms with E-state index < -0.39 is 11.7 Å². The minimum Gasteiger partial charge on any atom is -0.395 e. The number of carbonyl (C=O) groups excluding carboxylic acids is 1. The number of nitrogens with zero attached hydrogens (tertiary/aromatic N) is 2. The number of anilines is 2. The molecule has 0 saturated carbocycles. The van der Waals surface area contributed by atoms with E-state index in [1.54, 1.807) is 19.1 Å². The molecule has 1 amide bonds. The number of nitrogens with one attached hydrogen (secondary N) is 1. The van der Waals surface area contributed by atoms with Gasteiger partial charge in [-0.1, -0.05) is 6.07 Å². The van der Waals surface area contributed by atoms with Crippen molar-refractivity contribution in [2.45, 2.75) is 20.4 Å². The third kappa shape index (κ3) is 2.53. The molecule has 0 atom stereocenters. The lowest BCUT2D eigenvalue weighted by Crippen LogP contribution is -2.19. The van der Waals surface area contributed by atoms with Gasteiger partial charge in [-0.15, -0.1) is 0 Å². The van der Waals surface area contributed by atoms with Crippen molar-refractivity contribution in [3.05, 3.63) is 39.9 Å². The normalized spacial score (nSPS) is 10.6. The van der Waals surface area contributed by atoms with Gasteiger partial charge >= 0.3 is 0 Å². The number of nitrogens with two attached hydrogens (primary N) is 1. The molecule has 0 saturated heterocycles. The van der Waals surface area contributed by atoms with Crippen LogP contribution in [0.3, 0.4) is 0 Å². The molecular formula is C13H14BrFN4O. The molecule has 0 bridgehead atoms. The summed E-state index contributed by atoms with van der Waals surface area (Å²) in [6.45, 7) is 4.07. The van der Waals surface area contributed by atoms with E-state index in [1.165, 1.54) is 10.7 Å². The molecule has 1 aromatic carbocycles. The Morgan fingerprint density at radius 3 is 2.85 bits per heavy atom. The average molecular weight is 341 g/mol. The maximum absolute atomic E-state index is 13.7. The molecule has 3 N–H and O–H groups in total. The zero-order valence-electron chi connectivity index (χ0n) is 11.1. The van der Waals surface area contributed by atoms with Gasteiger partial charge in [-0.05, 0) is 41.9 Å². The Labute approximate surface area is 124 Å². The Bertz CT molecular complexity index is 648. The van der Waals surface area contributed by atoms with Crippen LogP contribution in [-0.4, -0.2) is 15.7 Å². The molecule has 2 aromatic rings. The summed E-state index contributed by atoms with van der Waals surface area (Å²) in [6, 6.07) is 4.46. The van der Waals surface area contributed by atoms with Gasteiger partial charge in [0, 0.05) is 11.0 Å². The lowest BCUT2D eigenvalue weighted by Gasteiger charge is -2.10. The fraction of sp³-hybridized carbons (Fsp3) is 0.231. The first-order valence-electron chi connectivity index (χ1n) is 6.04. The molecule has 0 aliphatic heterocycles. The van der Waals surface area contributed by atoms with Crippen molar-refractivity contribution < 1.29 is 9.18 Å². The van der Waals surface area contributed by atoms with Gasteiger partial charge in [0.1, 0.15) is 11.5 Å². The summed E-state index contributed by atoms with van der Waals surface area (Å²) in [5, 5.41) is 6.68. The number of rotatable bonds is 3. The standard InChI is InChI=1S/C13H14BrFN4O/c1-3-19-12(10(16)7(2)18-19)13(20)17-11-8(14)5-4-6-9(11)15/h4-6H,3,16H2,1-2H3,(H,17,20). The molecule has 5 nitrogen and oxygen atoms in total. The smallest absolute Gasteiger partial charge is 0.276 e. The van der Waals surface area contributed by atoms with E-state index in [2.05, 4.69) is 26.3 Å². The predicted octanol–water partition coefficient (Wildman–Crippen LogP) is 2.95. The number of hydrogen-bond donors (Lipinski definition) is 2. The van der Waals surface area contributed by atoms with E-state index in [0.717, 1.165) is 0 Å². The second-order valence-corrected chi connectivity index (χ2v) is 5.07. The maximum Gasteiger partial charge on any atom is 0.276 e. The number of nitrogen functional groups attached to an aromatic ring is 1. The molecule has 0 unspecified atom stereocenters. The lowest BCUT2D eigenvalue weighted by molar-refractivity contribution is 0.101. The third-order valence-corrected chi connectivity index (χ3v) is 3.55. The quantitative estimate of drug-likeness (QED) is 0.902. The number of halogens is 2. The van der Waals surface area contributed by atoms with E-state index in [0.29, 0.717) is 22.4 Å². The highest BCUT2D eigenvalue weighted by molar-refractivity contribution is 9.10. The van der Waals surface area contributed by atoms with Gasteiger partial charge < -0.3 is 11.1 Å². The van der Waals surface area contributed by atoms with Crippen molar-refractivity contribution in [2.24, 2.45) is 0 Å². The molecule has 106 valence electrons. The topological polar surface area (TPSA) is 72.9 Å². The number of carbonyl (C=O) groups is 1. The Morgan fingerprint density at radius 1 is 1.55 bits per heavy atom. The summed E-state index contributed by atoms with van der Waals surface area (Å²) in [6.07, 6.45) is 0. The number of aryl methyl sites for hydroxylation is 2.